The molecule has 0 heterocycles. The van der Waals surface area contributed by atoms with Crippen molar-refractivity contribution in [2.75, 3.05) is 13.2 Å². The standard InChI is InChI=1S/C2H5O2.H2O.O.Sn/c3-1-2-4;;;/h3H,1-2H2;1H2;;/q-1;;;+2/p-1. The van der Waals surface area contributed by atoms with Gasteiger partial charge in [-0.2, -0.15) is 0 Å². The van der Waals surface area contributed by atoms with Crippen LogP contribution in [0, 0.1) is 0 Å². The number of rotatable bonds is 3. The van der Waals surface area contributed by atoms with Crippen LogP contribution >= 0.6 is 0 Å². The Morgan fingerprint density at radius 3 is 2.43 bits per heavy atom. The zero-order valence-electron chi connectivity index (χ0n) is 3.63. The summed E-state index contributed by atoms with van der Waals surface area (Å²) >= 11 is -3.55. The maximum atomic E-state index is 9.70. The zero-order valence-corrected chi connectivity index (χ0v) is 6.48. The molecule has 0 aliphatic heterocycles. The summed E-state index contributed by atoms with van der Waals surface area (Å²) in [4.78, 5) is 0. The molecule has 0 radical (unpaired) electrons. The van der Waals surface area contributed by atoms with Gasteiger partial charge < -0.3 is 0 Å². The summed E-state index contributed by atoms with van der Waals surface area (Å²) in [6, 6.07) is 0. The van der Waals surface area contributed by atoms with E-state index in [2.05, 4.69) is 3.07 Å². The Balaban J connectivity index is 2.82. The molecule has 4 nitrogen and oxygen atoms in total. The fourth-order valence-corrected chi connectivity index (χ4v) is 0.892. The van der Waals surface area contributed by atoms with Crippen molar-refractivity contribution in [3.63, 3.8) is 0 Å². The topological polar surface area (TPSA) is 66.8 Å². The van der Waals surface area contributed by atoms with Gasteiger partial charge in [0.2, 0.25) is 0 Å². The van der Waals surface area contributed by atoms with Gasteiger partial charge in [0.1, 0.15) is 0 Å². The molecule has 0 amide bonds. The van der Waals surface area contributed by atoms with Gasteiger partial charge in [0, 0.05) is 0 Å². The van der Waals surface area contributed by atoms with Crippen molar-refractivity contribution in [1.82, 2.24) is 0 Å². The van der Waals surface area contributed by atoms with Crippen LogP contribution in [0.1, 0.15) is 0 Å². The molecule has 0 spiro atoms. The van der Waals surface area contributed by atoms with E-state index >= 15 is 0 Å². The summed E-state index contributed by atoms with van der Waals surface area (Å²) in [5, 5.41) is 7.97. The summed E-state index contributed by atoms with van der Waals surface area (Å²) < 4.78 is 21.8. The zero-order chi connectivity index (χ0) is 5.70. The molecule has 5 heteroatoms. The second-order valence-corrected chi connectivity index (χ2v) is 3.18. The number of aliphatic hydroxyl groups is 1. The van der Waals surface area contributed by atoms with Crippen LogP contribution in [0.4, 0.5) is 0 Å². The van der Waals surface area contributed by atoms with Gasteiger partial charge in [-0.1, -0.05) is 0 Å². The molecular formula is C2H6O4Sn. The first kappa shape index (κ1) is 7.48. The van der Waals surface area contributed by atoms with Gasteiger partial charge in [-0.25, -0.2) is 0 Å². The fourth-order valence-electron chi connectivity index (χ4n) is 0.133. The Hall–Kier alpha value is 0.479. The summed E-state index contributed by atoms with van der Waals surface area (Å²) in [5.74, 6) is 0. The Bertz CT molecular complexity index is 62.7. The van der Waals surface area contributed by atoms with Crippen LogP contribution < -0.4 is 0 Å². The van der Waals surface area contributed by atoms with Gasteiger partial charge in [-0.15, -0.1) is 0 Å². The molecule has 0 aromatic carbocycles. The van der Waals surface area contributed by atoms with E-state index < -0.39 is 20.6 Å². The Morgan fingerprint density at radius 2 is 2.29 bits per heavy atom. The van der Waals surface area contributed by atoms with Crippen LogP contribution in [-0.4, -0.2) is 42.3 Å². The molecule has 0 saturated carbocycles. The van der Waals surface area contributed by atoms with Crippen LogP contribution in [0.2, 0.25) is 0 Å². The quantitative estimate of drug-likeness (QED) is 0.554. The second-order valence-electron chi connectivity index (χ2n) is 0.838. The van der Waals surface area contributed by atoms with Crippen molar-refractivity contribution in [3.8, 4) is 0 Å². The summed E-state index contributed by atoms with van der Waals surface area (Å²) in [6.07, 6.45) is 0. The van der Waals surface area contributed by atoms with Gasteiger partial charge in [0.05, 0.1) is 0 Å². The van der Waals surface area contributed by atoms with E-state index in [1.54, 1.807) is 0 Å². The third-order valence-electron chi connectivity index (χ3n) is 0.317. The first-order valence-electron chi connectivity index (χ1n) is 1.74. The van der Waals surface area contributed by atoms with Crippen LogP contribution in [0.25, 0.3) is 0 Å². The third kappa shape index (κ3) is 6.48. The van der Waals surface area contributed by atoms with Crippen molar-refractivity contribution in [2.24, 2.45) is 0 Å². The van der Waals surface area contributed by atoms with E-state index in [4.69, 9.17) is 8.55 Å². The molecule has 0 aromatic heterocycles. The summed E-state index contributed by atoms with van der Waals surface area (Å²) in [7, 11) is 0. The van der Waals surface area contributed by atoms with E-state index in [1.807, 2.05) is 0 Å². The Morgan fingerprint density at radius 1 is 1.71 bits per heavy atom. The molecule has 0 saturated heterocycles. The molecule has 0 fully saturated rings. The normalized spacial score (nSPS) is 8.86. The first-order valence-corrected chi connectivity index (χ1v) is 5.34. The number of hydrogen-bond acceptors (Lipinski definition) is 3. The molecule has 0 bridgehead atoms. The molecular weight excluding hydrogens is 207 g/mol. The van der Waals surface area contributed by atoms with Crippen molar-refractivity contribution >= 4 is 20.6 Å². The van der Waals surface area contributed by atoms with E-state index in [0.717, 1.165) is 0 Å². The second kappa shape index (κ2) is 4.63. The molecule has 2 N–H and O–H groups in total. The number of hydrogen-bond donors (Lipinski definition) is 2. The minimum absolute atomic E-state index is 0.0191. The van der Waals surface area contributed by atoms with Crippen molar-refractivity contribution in [1.29, 1.82) is 0 Å². The average molecular weight is 213 g/mol. The molecule has 0 aliphatic rings. The summed E-state index contributed by atoms with van der Waals surface area (Å²) in [5.41, 5.74) is 0. The van der Waals surface area contributed by atoms with E-state index in [0.29, 0.717) is 0 Å². The van der Waals surface area contributed by atoms with Crippen LogP contribution in [0.3, 0.4) is 0 Å². The van der Waals surface area contributed by atoms with Gasteiger partial charge in [-0.3, -0.25) is 0 Å². The molecule has 0 atom stereocenters. The summed E-state index contributed by atoms with van der Waals surface area (Å²) in [6.45, 7) is -0.207. The van der Waals surface area contributed by atoms with Crippen molar-refractivity contribution in [2.45, 2.75) is 0 Å². The monoisotopic (exact) mass is 214 g/mol. The molecule has 0 aliphatic carbocycles. The Labute approximate surface area is 48.9 Å². The molecule has 0 aromatic rings. The maximum absolute atomic E-state index is 9.70. The van der Waals surface area contributed by atoms with Gasteiger partial charge in [0.25, 0.3) is 0 Å². The minimum atomic E-state index is -3.55. The fraction of sp³-hybridized carbons (Fsp3) is 1.00. The van der Waals surface area contributed by atoms with Gasteiger partial charge in [0.15, 0.2) is 0 Å². The predicted molar refractivity (Wildman–Crippen MR) is 21.7 cm³/mol. The van der Waals surface area contributed by atoms with Gasteiger partial charge in [-0.05, 0) is 0 Å². The molecule has 7 heavy (non-hydrogen) atoms. The van der Waals surface area contributed by atoms with Crippen molar-refractivity contribution < 1.29 is 14.7 Å². The van der Waals surface area contributed by atoms with Crippen molar-refractivity contribution in [3.05, 3.63) is 0 Å². The first-order chi connectivity index (χ1) is 3.27. The van der Waals surface area contributed by atoms with Crippen LogP contribution in [-0.2, 0) is 6.15 Å². The predicted octanol–water partition coefficient (Wildman–Crippen LogP) is -1.60. The average Bonchev–Trinajstić information content (AvgIpc) is 1.61. The Kier molecular flexibility index (Phi) is 4.95. The van der Waals surface area contributed by atoms with E-state index in [9.17, 15) is 3.08 Å². The molecule has 0 rings (SSSR count). The molecule has 0 unspecified atom stereocenters. The third-order valence-corrected chi connectivity index (χ3v) is 1.60. The van der Waals surface area contributed by atoms with Crippen LogP contribution in [0.5, 0.6) is 0 Å². The number of aliphatic hydroxyl groups excluding tert-OH is 1. The molecule has 42 valence electrons. The van der Waals surface area contributed by atoms with E-state index in [-0.39, 0.29) is 13.2 Å². The van der Waals surface area contributed by atoms with E-state index in [1.165, 1.54) is 0 Å². The SMILES string of the molecule is [O]=[Sn]([OH])[O]CCO. The van der Waals surface area contributed by atoms with Gasteiger partial charge >= 0.3 is 48.5 Å². The van der Waals surface area contributed by atoms with Crippen LogP contribution in [0.15, 0.2) is 0 Å².